The zero-order valence-electron chi connectivity index (χ0n) is 14.1. The molecule has 1 heterocycles. The Balaban J connectivity index is 1.83. The minimum Gasteiger partial charge on any atom is -0.490 e. The Kier molecular flexibility index (Phi) is 5.73. The van der Waals surface area contributed by atoms with Gasteiger partial charge in [0.1, 0.15) is 12.4 Å². The molecule has 1 aliphatic rings. The van der Waals surface area contributed by atoms with Crippen molar-refractivity contribution in [2.75, 3.05) is 11.5 Å². The van der Waals surface area contributed by atoms with Crippen LogP contribution in [0.15, 0.2) is 66.1 Å². The summed E-state index contributed by atoms with van der Waals surface area (Å²) in [5.41, 5.74) is 1.37. The smallest absolute Gasteiger partial charge is 0.335 e. The maximum absolute atomic E-state index is 12.8. The van der Waals surface area contributed by atoms with Gasteiger partial charge < -0.3 is 9.84 Å². The number of thioether (sulfide) groups is 1. The second-order valence-corrected chi connectivity index (χ2v) is 7.22. The number of thiocarbonyl (C=S) groups is 1. The fourth-order valence-electron chi connectivity index (χ4n) is 2.44. The molecule has 7 heteroatoms. The number of amides is 1. The molecule has 2 aromatic rings. The van der Waals surface area contributed by atoms with Crippen LogP contribution in [-0.2, 0) is 4.79 Å². The maximum Gasteiger partial charge on any atom is 0.335 e. The summed E-state index contributed by atoms with van der Waals surface area (Å²) in [6.45, 7) is 4.02. The molecule has 0 spiro atoms. The Bertz CT molecular complexity index is 951. The van der Waals surface area contributed by atoms with Crippen molar-refractivity contribution in [3.05, 3.63) is 77.2 Å². The molecule has 0 atom stereocenters. The van der Waals surface area contributed by atoms with Gasteiger partial charge in [-0.3, -0.25) is 9.69 Å². The number of nitrogens with zero attached hydrogens (tertiary/aromatic N) is 1. The van der Waals surface area contributed by atoms with Crippen LogP contribution in [0.25, 0.3) is 6.08 Å². The molecule has 136 valence electrons. The van der Waals surface area contributed by atoms with Crippen molar-refractivity contribution in [3.8, 4) is 5.75 Å². The van der Waals surface area contributed by atoms with Crippen molar-refractivity contribution in [1.82, 2.24) is 0 Å². The number of hydrogen-bond acceptors (Lipinski definition) is 5. The summed E-state index contributed by atoms with van der Waals surface area (Å²) in [7, 11) is 0. The molecule has 3 rings (SSSR count). The van der Waals surface area contributed by atoms with Gasteiger partial charge in [-0.15, -0.1) is 0 Å². The number of carboxylic acids is 1. The molecule has 0 unspecified atom stereocenters. The first-order valence-electron chi connectivity index (χ1n) is 7.94. The number of aromatic carboxylic acids is 1. The van der Waals surface area contributed by atoms with Crippen molar-refractivity contribution < 1.29 is 19.4 Å². The molecule has 27 heavy (non-hydrogen) atoms. The highest BCUT2D eigenvalue weighted by Crippen LogP contribution is 2.36. The molecular formula is C20H15NO4S2. The summed E-state index contributed by atoms with van der Waals surface area (Å²) >= 11 is 6.50. The fraction of sp³-hybridized carbons (Fsp3) is 0.0500. The molecule has 0 aromatic heterocycles. The Morgan fingerprint density at radius 2 is 2.00 bits per heavy atom. The zero-order chi connectivity index (χ0) is 19.4. The van der Waals surface area contributed by atoms with Crippen LogP contribution in [0.4, 0.5) is 5.69 Å². The van der Waals surface area contributed by atoms with Gasteiger partial charge in [0.15, 0.2) is 4.32 Å². The van der Waals surface area contributed by atoms with E-state index in [2.05, 4.69) is 6.58 Å². The molecule has 1 fully saturated rings. The Hall–Kier alpha value is -2.90. The molecule has 1 amide bonds. The standard InChI is InChI=1S/C20H15NO4S2/c1-2-10-25-16-8-6-13(7-9-16)11-17-18(22)21(20(26)27-17)15-5-3-4-14(12-15)19(23)24/h2-9,11-12H,1,10H2,(H,23,24)/b17-11+. The highest BCUT2D eigenvalue weighted by Gasteiger charge is 2.33. The van der Waals surface area contributed by atoms with Gasteiger partial charge in [0.05, 0.1) is 16.2 Å². The van der Waals surface area contributed by atoms with Gasteiger partial charge in [0, 0.05) is 0 Å². The quantitative estimate of drug-likeness (QED) is 0.444. The summed E-state index contributed by atoms with van der Waals surface area (Å²) in [6, 6.07) is 13.5. The number of benzene rings is 2. The number of carbonyl (C=O) groups excluding carboxylic acids is 1. The number of anilines is 1. The lowest BCUT2D eigenvalue weighted by molar-refractivity contribution is -0.113. The summed E-state index contributed by atoms with van der Waals surface area (Å²) < 4.78 is 5.80. The number of hydrogen-bond donors (Lipinski definition) is 1. The van der Waals surface area contributed by atoms with Crippen LogP contribution >= 0.6 is 24.0 Å². The van der Waals surface area contributed by atoms with E-state index in [-0.39, 0.29) is 11.5 Å². The Morgan fingerprint density at radius 3 is 2.67 bits per heavy atom. The van der Waals surface area contributed by atoms with E-state index in [9.17, 15) is 9.59 Å². The molecule has 2 aromatic carbocycles. The lowest BCUT2D eigenvalue weighted by atomic mass is 10.1. The van der Waals surface area contributed by atoms with Crippen molar-refractivity contribution in [3.63, 3.8) is 0 Å². The molecule has 1 saturated heterocycles. The van der Waals surface area contributed by atoms with Crippen LogP contribution < -0.4 is 9.64 Å². The summed E-state index contributed by atoms with van der Waals surface area (Å²) in [6.07, 6.45) is 3.41. The third kappa shape index (κ3) is 4.27. The number of carboxylic acid groups (broad SMARTS) is 1. The van der Waals surface area contributed by atoms with E-state index in [0.29, 0.717) is 27.3 Å². The fourth-order valence-corrected chi connectivity index (χ4v) is 3.73. The minimum absolute atomic E-state index is 0.0978. The van der Waals surface area contributed by atoms with Gasteiger partial charge in [-0.2, -0.15) is 0 Å². The largest absolute Gasteiger partial charge is 0.490 e. The van der Waals surface area contributed by atoms with Crippen LogP contribution in [0.5, 0.6) is 5.75 Å². The van der Waals surface area contributed by atoms with E-state index in [1.807, 2.05) is 24.3 Å². The topological polar surface area (TPSA) is 66.8 Å². The van der Waals surface area contributed by atoms with Gasteiger partial charge in [0.2, 0.25) is 0 Å². The van der Waals surface area contributed by atoms with Crippen molar-refractivity contribution >= 4 is 51.9 Å². The predicted octanol–water partition coefficient (Wildman–Crippen LogP) is 4.36. The number of rotatable bonds is 6. The van der Waals surface area contributed by atoms with E-state index in [1.54, 1.807) is 24.3 Å². The van der Waals surface area contributed by atoms with E-state index in [1.165, 1.54) is 28.8 Å². The highest BCUT2D eigenvalue weighted by molar-refractivity contribution is 8.27. The maximum atomic E-state index is 12.8. The van der Waals surface area contributed by atoms with Crippen molar-refractivity contribution in [2.24, 2.45) is 0 Å². The molecule has 0 radical (unpaired) electrons. The molecule has 0 aliphatic carbocycles. The first-order chi connectivity index (χ1) is 13.0. The molecule has 1 N–H and O–H groups in total. The van der Waals surface area contributed by atoms with Gasteiger partial charge >= 0.3 is 5.97 Å². The van der Waals surface area contributed by atoms with Crippen molar-refractivity contribution in [1.29, 1.82) is 0 Å². The number of carbonyl (C=O) groups is 2. The number of ether oxygens (including phenoxy) is 1. The monoisotopic (exact) mass is 397 g/mol. The summed E-state index contributed by atoms with van der Waals surface area (Å²) in [5, 5.41) is 9.14. The van der Waals surface area contributed by atoms with E-state index >= 15 is 0 Å². The average Bonchev–Trinajstić information content (AvgIpc) is 2.94. The van der Waals surface area contributed by atoms with Crippen LogP contribution in [0.2, 0.25) is 0 Å². The molecule has 1 aliphatic heterocycles. The minimum atomic E-state index is -1.06. The third-order valence-corrected chi connectivity index (χ3v) is 4.99. The van der Waals surface area contributed by atoms with Gasteiger partial charge in [-0.25, -0.2) is 4.79 Å². The highest BCUT2D eigenvalue weighted by atomic mass is 32.2. The summed E-state index contributed by atoms with van der Waals surface area (Å²) in [4.78, 5) is 25.8. The predicted molar refractivity (Wildman–Crippen MR) is 111 cm³/mol. The van der Waals surface area contributed by atoms with E-state index in [4.69, 9.17) is 22.1 Å². The summed E-state index contributed by atoms with van der Waals surface area (Å²) in [5.74, 6) is -0.624. The van der Waals surface area contributed by atoms with E-state index in [0.717, 1.165) is 5.56 Å². The first-order valence-corrected chi connectivity index (χ1v) is 9.17. The van der Waals surface area contributed by atoms with Crippen LogP contribution in [0, 0.1) is 0 Å². The third-order valence-electron chi connectivity index (χ3n) is 3.69. The van der Waals surface area contributed by atoms with Gasteiger partial charge in [-0.05, 0) is 42.0 Å². The first kappa shape index (κ1) is 18.9. The Labute approximate surface area is 165 Å². The van der Waals surface area contributed by atoms with Crippen LogP contribution in [-0.4, -0.2) is 27.9 Å². The Morgan fingerprint density at radius 1 is 1.26 bits per heavy atom. The van der Waals surface area contributed by atoms with Gasteiger partial charge in [0.25, 0.3) is 5.91 Å². The lowest BCUT2D eigenvalue weighted by Gasteiger charge is -2.14. The second kappa shape index (κ2) is 8.20. The molecule has 0 bridgehead atoms. The van der Waals surface area contributed by atoms with Crippen LogP contribution in [0.1, 0.15) is 15.9 Å². The van der Waals surface area contributed by atoms with Crippen molar-refractivity contribution in [2.45, 2.75) is 0 Å². The average molecular weight is 397 g/mol. The molecule has 0 saturated carbocycles. The zero-order valence-corrected chi connectivity index (χ0v) is 15.8. The normalized spacial score (nSPS) is 15.3. The SMILES string of the molecule is C=CCOc1ccc(/C=C2/SC(=S)N(c3cccc(C(=O)O)c3)C2=O)cc1. The molecule has 5 nitrogen and oxygen atoms in total. The van der Waals surface area contributed by atoms with Gasteiger partial charge in [-0.1, -0.05) is 54.8 Å². The molecular weight excluding hydrogens is 382 g/mol. The second-order valence-electron chi connectivity index (χ2n) is 5.54. The lowest BCUT2D eigenvalue weighted by Crippen LogP contribution is -2.27. The van der Waals surface area contributed by atoms with E-state index < -0.39 is 5.97 Å². The van der Waals surface area contributed by atoms with Crippen LogP contribution in [0.3, 0.4) is 0 Å².